The highest BCUT2D eigenvalue weighted by atomic mass is 32.3. The van der Waals surface area contributed by atoms with Crippen LogP contribution in [-0.4, -0.2) is 32.5 Å². The molecule has 6 heterocycles. The smallest absolute Gasteiger partial charge is 0.0272 e. The lowest BCUT2D eigenvalue weighted by Crippen LogP contribution is -2.05. The van der Waals surface area contributed by atoms with E-state index in [1.54, 1.807) is 22.3 Å². The molecule has 6 aliphatic rings. The Kier molecular flexibility index (Phi) is 1.41. The Morgan fingerprint density at radius 1 is 0.583 bits per heavy atom. The van der Waals surface area contributed by atoms with Crippen molar-refractivity contribution in [3.05, 3.63) is 59.7 Å². The predicted molar refractivity (Wildman–Crippen MR) is 107 cm³/mol. The third-order valence-electron chi connectivity index (χ3n) is 8.37. The molecule has 118 valence electrons. The van der Waals surface area contributed by atoms with Crippen LogP contribution in [0.4, 0.5) is 0 Å². The maximum absolute atomic E-state index is 2.46. The maximum Gasteiger partial charge on any atom is 0.0272 e. The third-order valence-corrected chi connectivity index (χ3v) is 17.5. The predicted octanol–water partition coefficient (Wildman–Crippen LogP) is 5.24. The first-order chi connectivity index (χ1) is 11.9. The molecule has 0 amide bonds. The van der Waals surface area contributed by atoms with Gasteiger partial charge < -0.3 is 0 Å². The normalized spacial score (nSPS) is 57.5. The summed E-state index contributed by atoms with van der Waals surface area (Å²) in [5.41, 5.74) is 3.76. The molecule has 3 aromatic rings. The molecule has 0 nitrogen and oxygen atoms in total. The molecule has 6 fully saturated rings. The first-order valence-corrected chi connectivity index (χ1v) is 13.4. The summed E-state index contributed by atoms with van der Waals surface area (Å²) < 4.78 is 0. The zero-order valence-corrected chi connectivity index (χ0v) is 14.9. The van der Waals surface area contributed by atoms with Gasteiger partial charge in [-0.3, -0.25) is 0 Å². The van der Waals surface area contributed by atoms with Crippen LogP contribution in [0.3, 0.4) is 0 Å². The van der Waals surface area contributed by atoms with E-state index >= 15 is 0 Å². The molecular weight excluding hydrogens is 328 g/mol. The van der Waals surface area contributed by atoms with Crippen LogP contribution in [0.15, 0.2) is 48.5 Å². The summed E-state index contributed by atoms with van der Waals surface area (Å²) in [6.45, 7) is 0. The fourth-order valence-corrected chi connectivity index (χ4v) is 17.0. The first kappa shape index (κ1) is 11.5. The lowest BCUT2D eigenvalue weighted by Gasteiger charge is -2.20. The van der Waals surface area contributed by atoms with E-state index in [1.165, 1.54) is 31.8 Å². The van der Waals surface area contributed by atoms with E-state index in [0.29, 0.717) is 0 Å². The van der Waals surface area contributed by atoms with Crippen LogP contribution in [-0.2, 0) is 0 Å². The summed E-state index contributed by atoms with van der Waals surface area (Å²) in [6, 6.07) is 18.7. The standard InChI is InChI=1S/C22H18S2/c1-3-7-13-11(5-1)12-6-2-4-8-14(12)18(22-20-16-10-24(16,20)22)17(13)21-19-15-9-23(15,19)21/h1-8,15-16,19-22H,9-10H2. The van der Waals surface area contributed by atoms with Crippen LogP contribution in [0, 0.1) is 0 Å². The van der Waals surface area contributed by atoms with E-state index in [1.807, 2.05) is 11.1 Å². The van der Waals surface area contributed by atoms with Gasteiger partial charge in [-0.25, -0.2) is 20.1 Å². The summed E-state index contributed by atoms with van der Waals surface area (Å²) in [5, 5.41) is 13.2. The summed E-state index contributed by atoms with van der Waals surface area (Å²) in [6.07, 6.45) is 0. The van der Waals surface area contributed by atoms with E-state index in [0.717, 1.165) is 10.5 Å². The summed E-state index contributed by atoms with van der Waals surface area (Å²) >= 11 is 0. The van der Waals surface area contributed by atoms with Gasteiger partial charge in [-0.2, -0.15) is 0 Å². The Morgan fingerprint density at radius 2 is 0.958 bits per heavy atom. The largest absolute Gasteiger partial charge is 0.222 e. The van der Waals surface area contributed by atoms with Crippen molar-refractivity contribution in [3.63, 3.8) is 0 Å². The summed E-state index contributed by atoms with van der Waals surface area (Å²) in [4.78, 5) is 0. The number of fused-ring (bicyclic) bond motifs is 5. The molecule has 2 spiro atoms. The molecule has 0 N–H and O–H groups in total. The second-order valence-corrected chi connectivity index (χ2v) is 16.5. The van der Waals surface area contributed by atoms with Gasteiger partial charge in [0.2, 0.25) is 0 Å². The van der Waals surface area contributed by atoms with E-state index in [9.17, 15) is 0 Å². The number of benzene rings is 3. The molecule has 0 aliphatic carbocycles. The minimum absolute atomic E-state index is 0.0651. The SMILES string of the molecule is c1ccc2c(c1)c(C1C3C4CS413)c(C1C3C4CS413)c1ccccc12. The van der Waals surface area contributed by atoms with Crippen molar-refractivity contribution in [1.82, 2.24) is 0 Å². The highest BCUT2D eigenvalue weighted by Crippen LogP contribution is 3.16. The Bertz CT molecular complexity index is 1090. The molecule has 8 atom stereocenters. The van der Waals surface area contributed by atoms with Crippen molar-refractivity contribution in [2.75, 3.05) is 11.5 Å². The number of rotatable bonds is 2. The molecule has 3 aromatic carbocycles. The summed E-state index contributed by atoms with van der Waals surface area (Å²) in [7, 11) is -0.130. The third kappa shape index (κ3) is 0.917. The van der Waals surface area contributed by atoms with Gasteiger partial charge in [0, 0.05) is 31.5 Å². The van der Waals surface area contributed by atoms with Crippen LogP contribution < -0.4 is 0 Å². The van der Waals surface area contributed by atoms with Gasteiger partial charge in [-0.15, -0.1) is 0 Å². The van der Waals surface area contributed by atoms with Crippen molar-refractivity contribution in [1.29, 1.82) is 0 Å². The molecule has 0 aromatic heterocycles. The van der Waals surface area contributed by atoms with Gasteiger partial charge in [-0.05, 0) is 44.2 Å². The highest BCUT2D eigenvalue weighted by molar-refractivity contribution is 8.54. The van der Waals surface area contributed by atoms with E-state index < -0.39 is 0 Å². The van der Waals surface area contributed by atoms with Crippen molar-refractivity contribution in [3.8, 4) is 0 Å². The fourth-order valence-electron chi connectivity index (χ4n) is 6.70. The summed E-state index contributed by atoms with van der Waals surface area (Å²) in [5.74, 6) is 3.27. The maximum atomic E-state index is 2.46. The minimum Gasteiger partial charge on any atom is -0.222 e. The zero-order valence-electron chi connectivity index (χ0n) is 13.3. The van der Waals surface area contributed by atoms with Crippen LogP contribution in [0.25, 0.3) is 21.5 Å². The molecule has 0 saturated carbocycles. The van der Waals surface area contributed by atoms with Gasteiger partial charge in [0.1, 0.15) is 0 Å². The quantitative estimate of drug-likeness (QED) is 0.440. The van der Waals surface area contributed by atoms with Crippen molar-refractivity contribution in [2.24, 2.45) is 0 Å². The topological polar surface area (TPSA) is 0 Å². The van der Waals surface area contributed by atoms with Crippen LogP contribution in [0.5, 0.6) is 0 Å². The lowest BCUT2D eigenvalue weighted by molar-refractivity contribution is 0.923. The second-order valence-electron chi connectivity index (χ2n) is 8.92. The average molecular weight is 347 g/mol. The van der Waals surface area contributed by atoms with Gasteiger partial charge >= 0.3 is 0 Å². The van der Waals surface area contributed by atoms with E-state index in [4.69, 9.17) is 0 Å². The molecule has 24 heavy (non-hydrogen) atoms. The monoisotopic (exact) mass is 346 g/mol. The number of hydrogen-bond donors (Lipinski definition) is 0. The van der Waals surface area contributed by atoms with Gasteiger partial charge in [-0.1, -0.05) is 48.5 Å². The molecule has 6 saturated heterocycles. The lowest BCUT2D eigenvalue weighted by atomic mass is 9.87. The highest BCUT2D eigenvalue weighted by Gasteiger charge is 2.97. The average Bonchev–Trinajstić information content (AvgIpc) is 3.41. The Morgan fingerprint density at radius 3 is 1.29 bits per heavy atom. The molecule has 9 rings (SSSR count). The van der Waals surface area contributed by atoms with Gasteiger partial charge in [0.05, 0.1) is 0 Å². The molecular formula is C22H18S2. The molecule has 6 aliphatic heterocycles. The second kappa shape index (κ2) is 2.95. The van der Waals surface area contributed by atoms with Crippen molar-refractivity contribution < 1.29 is 0 Å². The van der Waals surface area contributed by atoms with Crippen LogP contribution in [0.2, 0.25) is 0 Å². The Hall–Kier alpha value is -1.12. The van der Waals surface area contributed by atoms with E-state index in [-0.39, 0.29) is 20.1 Å². The molecule has 2 heteroatoms. The minimum atomic E-state index is -0.0651. The van der Waals surface area contributed by atoms with Gasteiger partial charge in [0.15, 0.2) is 0 Å². The molecule has 8 unspecified atom stereocenters. The Labute approximate surface area is 144 Å². The first-order valence-electron chi connectivity index (χ1n) is 9.37. The number of hydrogen-bond acceptors (Lipinski definition) is 0. The molecule has 0 bridgehead atoms. The van der Waals surface area contributed by atoms with Crippen molar-refractivity contribution in [2.45, 2.75) is 31.5 Å². The van der Waals surface area contributed by atoms with Gasteiger partial charge in [0.25, 0.3) is 0 Å². The van der Waals surface area contributed by atoms with Crippen LogP contribution in [0.1, 0.15) is 21.6 Å². The van der Waals surface area contributed by atoms with Crippen molar-refractivity contribution >= 4 is 41.6 Å². The van der Waals surface area contributed by atoms with Crippen LogP contribution >= 0.6 is 20.1 Å². The Balaban J connectivity index is 1.46. The molecule has 0 radical (unpaired) electrons. The van der Waals surface area contributed by atoms with E-state index in [2.05, 4.69) is 48.5 Å². The fraction of sp³-hybridized carbons (Fsp3) is 0.364. The zero-order chi connectivity index (χ0) is 15.0.